The van der Waals surface area contributed by atoms with Crippen molar-refractivity contribution in [2.24, 2.45) is 0 Å². The Hall–Kier alpha value is -1.40. The molecule has 2 aromatic rings. The van der Waals surface area contributed by atoms with E-state index in [-0.39, 0.29) is 11.4 Å². The molecule has 0 N–H and O–H groups in total. The van der Waals surface area contributed by atoms with Crippen LogP contribution in [0.15, 0.2) is 45.3 Å². The van der Waals surface area contributed by atoms with Crippen molar-refractivity contribution in [2.45, 2.75) is 6.92 Å². The summed E-state index contributed by atoms with van der Waals surface area (Å²) >= 11 is 6.60. The van der Waals surface area contributed by atoms with Gasteiger partial charge in [0.2, 0.25) is 5.75 Å². The number of nitro groups is 1. The highest BCUT2D eigenvalue weighted by atomic mass is 79.9. The fourth-order valence-electron chi connectivity index (χ4n) is 1.53. The van der Waals surface area contributed by atoms with E-state index in [0.29, 0.717) is 10.2 Å². The van der Waals surface area contributed by atoms with Crippen LogP contribution in [0.4, 0.5) is 5.69 Å². The zero-order valence-electron chi connectivity index (χ0n) is 9.89. The second kappa shape index (κ2) is 5.71. The highest BCUT2D eigenvalue weighted by molar-refractivity contribution is 9.10. The van der Waals surface area contributed by atoms with Crippen LogP contribution in [0.3, 0.4) is 0 Å². The van der Waals surface area contributed by atoms with Gasteiger partial charge in [0.05, 0.1) is 4.92 Å². The molecule has 6 heteroatoms. The molecule has 0 aliphatic rings. The van der Waals surface area contributed by atoms with E-state index < -0.39 is 4.92 Å². The largest absolute Gasteiger partial charge is 0.450 e. The third kappa shape index (κ3) is 3.33. The molecular formula is C13H9Br2NO3. The van der Waals surface area contributed by atoms with Gasteiger partial charge in [0.15, 0.2) is 0 Å². The third-order valence-corrected chi connectivity index (χ3v) is 3.86. The van der Waals surface area contributed by atoms with Crippen molar-refractivity contribution in [3.8, 4) is 11.5 Å². The van der Waals surface area contributed by atoms with E-state index in [1.807, 2.05) is 19.1 Å². The van der Waals surface area contributed by atoms with Gasteiger partial charge in [-0.2, -0.15) is 0 Å². The maximum absolute atomic E-state index is 11.0. The predicted molar refractivity (Wildman–Crippen MR) is 79.7 cm³/mol. The van der Waals surface area contributed by atoms with Crippen molar-refractivity contribution >= 4 is 37.5 Å². The number of halogens is 2. The average molecular weight is 387 g/mol. The van der Waals surface area contributed by atoms with Crippen LogP contribution in [0.2, 0.25) is 0 Å². The van der Waals surface area contributed by atoms with Gasteiger partial charge in [-0.05, 0) is 42.8 Å². The van der Waals surface area contributed by atoms with E-state index in [1.165, 1.54) is 6.07 Å². The fourth-order valence-corrected chi connectivity index (χ4v) is 2.12. The third-order valence-electron chi connectivity index (χ3n) is 2.47. The summed E-state index contributed by atoms with van der Waals surface area (Å²) in [6.07, 6.45) is 0. The minimum absolute atomic E-state index is 0.0741. The summed E-state index contributed by atoms with van der Waals surface area (Å²) in [5.74, 6) is 0.779. The summed E-state index contributed by atoms with van der Waals surface area (Å²) < 4.78 is 7.18. The molecule has 2 aromatic carbocycles. The number of rotatable bonds is 3. The first-order chi connectivity index (χ1) is 8.97. The molecule has 0 radical (unpaired) electrons. The summed E-state index contributed by atoms with van der Waals surface area (Å²) in [5.41, 5.74) is 0.923. The first-order valence-electron chi connectivity index (χ1n) is 5.35. The van der Waals surface area contributed by atoms with Gasteiger partial charge in [0, 0.05) is 15.0 Å². The summed E-state index contributed by atoms with van der Waals surface area (Å²) in [6.45, 7) is 1.92. The topological polar surface area (TPSA) is 52.4 Å². The molecule has 0 spiro atoms. The second-order valence-corrected chi connectivity index (χ2v) is 5.65. The lowest BCUT2D eigenvalue weighted by atomic mass is 10.2. The van der Waals surface area contributed by atoms with E-state index >= 15 is 0 Å². The zero-order chi connectivity index (χ0) is 14.0. The van der Waals surface area contributed by atoms with Crippen LogP contribution in [0.5, 0.6) is 11.5 Å². The monoisotopic (exact) mass is 385 g/mol. The Labute approximate surface area is 126 Å². The van der Waals surface area contributed by atoms with Crippen LogP contribution in [0, 0.1) is 17.0 Å². The molecule has 0 aliphatic carbocycles. The van der Waals surface area contributed by atoms with Gasteiger partial charge < -0.3 is 4.74 Å². The molecule has 0 heterocycles. The van der Waals surface area contributed by atoms with Crippen molar-refractivity contribution in [2.75, 3.05) is 0 Å². The van der Waals surface area contributed by atoms with Crippen molar-refractivity contribution in [1.82, 2.24) is 0 Å². The van der Waals surface area contributed by atoms with E-state index in [2.05, 4.69) is 31.9 Å². The number of nitrogens with zero attached hydrogens (tertiary/aromatic N) is 1. The quantitative estimate of drug-likeness (QED) is 0.536. The maximum Gasteiger partial charge on any atom is 0.312 e. The van der Waals surface area contributed by atoms with Gasteiger partial charge >= 0.3 is 5.69 Å². The first kappa shape index (κ1) is 14.0. The Kier molecular flexibility index (Phi) is 4.21. The predicted octanol–water partition coefficient (Wildman–Crippen LogP) is 5.22. The summed E-state index contributed by atoms with van der Waals surface area (Å²) in [7, 11) is 0. The molecule has 0 saturated carbocycles. The molecular weight excluding hydrogens is 378 g/mol. The fraction of sp³-hybridized carbons (Fsp3) is 0.0769. The second-order valence-electron chi connectivity index (χ2n) is 3.88. The Bertz CT molecular complexity index is 644. The van der Waals surface area contributed by atoms with Crippen molar-refractivity contribution in [3.63, 3.8) is 0 Å². The number of benzene rings is 2. The van der Waals surface area contributed by atoms with Gasteiger partial charge in [-0.25, -0.2) is 0 Å². The van der Waals surface area contributed by atoms with Crippen molar-refractivity contribution < 1.29 is 9.66 Å². The lowest BCUT2D eigenvalue weighted by molar-refractivity contribution is -0.385. The van der Waals surface area contributed by atoms with Crippen LogP contribution in [0.1, 0.15) is 5.56 Å². The van der Waals surface area contributed by atoms with E-state index in [1.54, 1.807) is 18.2 Å². The zero-order valence-corrected chi connectivity index (χ0v) is 13.1. The molecule has 19 heavy (non-hydrogen) atoms. The number of hydrogen-bond donors (Lipinski definition) is 0. The minimum Gasteiger partial charge on any atom is -0.450 e. The Morgan fingerprint density at radius 3 is 2.53 bits per heavy atom. The first-order valence-corrected chi connectivity index (χ1v) is 6.94. The molecule has 0 amide bonds. The minimum atomic E-state index is -0.466. The van der Waals surface area contributed by atoms with Crippen LogP contribution in [-0.4, -0.2) is 4.92 Å². The van der Waals surface area contributed by atoms with Gasteiger partial charge in [-0.15, -0.1) is 0 Å². The molecule has 4 nitrogen and oxygen atoms in total. The molecule has 2 rings (SSSR count). The lowest BCUT2D eigenvalue weighted by Crippen LogP contribution is -1.93. The Morgan fingerprint density at radius 2 is 1.89 bits per heavy atom. The Balaban J connectivity index is 2.37. The van der Waals surface area contributed by atoms with Gasteiger partial charge in [0.1, 0.15) is 5.75 Å². The molecule has 0 saturated heterocycles. The standard InChI is InChI=1S/C13H9Br2NO3/c1-8-6-10(3-4-11(8)15)19-13-5-2-9(14)7-12(13)16(17)18/h2-7H,1H3. The normalized spacial score (nSPS) is 10.3. The number of hydrogen-bond acceptors (Lipinski definition) is 3. The highest BCUT2D eigenvalue weighted by Gasteiger charge is 2.16. The lowest BCUT2D eigenvalue weighted by Gasteiger charge is -2.08. The van der Waals surface area contributed by atoms with Crippen molar-refractivity contribution in [3.05, 3.63) is 61.0 Å². The van der Waals surface area contributed by atoms with Gasteiger partial charge in [-0.1, -0.05) is 31.9 Å². The molecule has 98 valence electrons. The number of ether oxygens (including phenoxy) is 1. The molecule has 0 unspecified atom stereocenters. The highest BCUT2D eigenvalue weighted by Crippen LogP contribution is 2.34. The molecule has 0 aliphatic heterocycles. The van der Waals surface area contributed by atoms with Crippen LogP contribution in [-0.2, 0) is 0 Å². The van der Waals surface area contributed by atoms with Crippen molar-refractivity contribution in [1.29, 1.82) is 0 Å². The van der Waals surface area contributed by atoms with Crippen LogP contribution in [0.25, 0.3) is 0 Å². The van der Waals surface area contributed by atoms with Gasteiger partial charge in [0.25, 0.3) is 0 Å². The SMILES string of the molecule is Cc1cc(Oc2ccc(Br)cc2[N+](=O)[O-])ccc1Br. The molecule has 0 fully saturated rings. The van der Waals surface area contributed by atoms with Crippen LogP contribution >= 0.6 is 31.9 Å². The number of nitro benzene ring substituents is 1. The number of aryl methyl sites for hydroxylation is 1. The average Bonchev–Trinajstić information content (AvgIpc) is 2.36. The molecule has 0 atom stereocenters. The van der Waals surface area contributed by atoms with E-state index in [9.17, 15) is 10.1 Å². The maximum atomic E-state index is 11.0. The summed E-state index contributed by atoms with van der Waals surface area (Å²) in [4.78, 5) is 10.5. The summed E-state index contributed by atoms with van der Waals surface area (Å²) in [6, 6.07) is 10.1. The van der Waals surface area contributed by atoms with Crippen LogP contribution < -0.4 is 4.74 Å². The molecule has 0 bridgehead atoms. The Morgan fingerprint density at radius 1 is 1.16 bits per heavy atom. The molecule has 0 aromatic heterocycles. The van der Waals surface area contributed by atoms with E-state index in [4.69, 9.17) is 4.74 Å². The van der Waals surface area contributed by atoms with Gasteiger partial charge in [-0.3, -0.25) is 10.1 Å². The summed E-state index contributed by atoms with van der Waals surface area (Å²) in [5, 5.41) is 11.0. The van der Waals surface area contributed by atoms with E-state index in [0.717, 1.165) is 10.0 Å². The smallest absolute Gasteiger partial charge is 0.312 e.